The maximum Gasteiger partial charge on any atom is 0.244 e. The summed E-state index contributed by atoms with van der Waals surface area (Å²) in [6.07, 6.45) is 3.20. The normalized spacial score (nSPS) is 17.6. The van der Waals surface area contributed by atoms with Crippen LogP contribution < -0.4 is 0 Å². The number of nitrogens with zero attached hydrogens (tertiary/aromatic N) is 5. The van der Waals surface area contributed by atoms with Crippen molar-refractivity contribution in [3.05, 3.63) is 64.8 Å². The van der Waals surface area contributed by atoms with E-state index in [1.54, 1.807) is 18.2 Å². The summed E-state index contributed by atoms with van der Waals surface area (Å²) >= 11 is 6.02. The van der Waals surface area contributed by atoms with Crippen LogP contribution in [0, 0.1) is 11.3 Å². The molecule has 6 nitrogen and oxygen atoms in total. The molecular weight excluding hydrogens is 362 g/mol. The Balaban J connectivity index is 1.57. The van der Waals surface area contributed by atoms with Crippen LogP contribution in [-0.4, -0.2) is 26.6 Å². The Bertz CT molecular complexity index is 980. The third-order valence-corrected chi connectivity index (χ3v) is 4.94. The number of pyridine rings is 1. The van der Waals surface area contributed by atoms with E-state index in [0.29, 0.717) is 29.0 Å². The molecule has 4 rings (SSSR count). The molecule has 27 heavy (non-hydrogen) atoms. The van der Waals surface area contributed by atoms with Gasteiger partial charge in [-0.3, -0.25) is 4.90 Å². The lowest BCUT2D eigenvalue weighted by atomic mass is 10.0. The first-order chi connectivity index (χ1) is 13.2. The van der Waals surface area contributed by atoms with E-state index >= 15 is 0 Å². The molecule has 1 unspecified atom stereocenters. The SMILES string of the molecule is N#Cc1cccc(-c2noc(C3CCCCN3Cc3cccc(Cl)n3)n2)c1. The summed E-state index contributed by atoms with van der Waals surface area (Å²) in [7, 11) is 0. The van der Waals surface area contributed by atoms with Gasteiger partial charge in [-0.2, -0.15) is 10.2 Å². The number of halogens is 1. The van der Waals surface area contributed by atoms with Gasteiger partial charge < -0.3 is 4.52 Å². The number of likely N-dealkylation sites (tertiary alicyclic amines) is 1. The summed E-state index contributed by atoms with van der Waals surface area (Å²) in [5, 5.41) is 13.7. The molecule has 0 bridgehead atoms. The molecule has 0 radical (unpaired) electrons. The lowest BCUT2D eigenvalue weighted by molar-refractivity contribution is 0.110. The highest BCUT2D eigenvalue weighted by molar-refractivity contribution is 6.29. The van der Waals surface area contributed by atoms with Gasteiger partial charge in [0.15, 0.2) is 0 Å². The van der Waals surface area contributed by atoms with Crippen LogP contribution in [0.2, 0.25) is 5.15 Å². The number of piperidine rings is 1. The van der Waals surface area contributed by atoms with Gasteiger partial charge in [0.25, 0.3) is 0 Å². The smallest absolute Gasteiger partial charge is 0.244 e. The maximum atomic E-state index is 9.08. The molecule has 1 saturated heterocycles. The van der Waals surface area contributed by atoms with Crippen molar-refractivity contribution in [3.8, 4) is 17.5 Å². The van der Waals surface area contributed by atoms with Crippen LogP contribution in [0.15, 0.2) is 47.0 Å². The van der Waals surface area contributed by atoms with Gasteiger partial charge in [0, 0.05) is 12.1 Å². The number of benzene rings is 1. The summed E-state index contributed by atoms with van der Waals surface area (Å²) in [5.41, 5.74) is 2.28. The van der Waals surface area contributed by atoms with Crippen LogP contribution in [0.4, 0.5) is 0 Å². The predicted octanol–water partition coefficient (Wildman–Crippen LogP) is 4.38. The number of aromatic nitrogens is 3. The van der Waals surface area contributed by atoms with Crippen molar-refractivity contribution in [2.24, 2.45) is 0 Å². The highest BCUT2D eigenvalue weighted by Gasteiger charge is 2.29. The molecule has 0 N–H and O–H groups in total. The number of nitriles is 1. The van der Waals surface area contributed by atoms with Gasteiger partial charge in [-0.25, -0.2) is 4.98 Å². The quantitative estimate of drug-likeness (QED) is 0.626. The zero-order valence-electron chi connectivity index (χ0n) is 14.7. The Morgan fingerprint density at radius 1 is 1.19 bits per heavy atom. The van der Waals surface area contributed by atoms with Crippen LogP contribution in [0.5, 0.6) is 0 Å². The highest BCUT2D eigenvalue weighted by Crippen LogP contribution is 2.32. The molecule has 1 aliphatic heterocycles. The zero-order valence-corrected chi connectivity index (χ0v) is 15.4. The molecule has 1 fully saturated rings. The van der Waals surface area contributed by atoms with Crippen LogP contribution in [-0.2, 0) is 6.54 Å². The summed E-state index contributed by atoms with van der Waals surface area (Å²) < 4.78 is 5.59. The second-order valence-corrected chi connectivity index (χ2v) is 6.97. The zero-order chi connectivity index (χ0) is 18.6. The molecule has 0 saturated carbocycles. The fraction of sp³-hybridized carbons (Fsp3) is 0.300. The van der Waals surface area contributed by atoms with E-state index in [-0.39, 0.29) is 6.04 Å². The minimum absolute atomic E-state index is 0.0555. The summed E-state index contributed by atoms with van der Waals surface area (Å²) in [5.74, 6) is 1.11. The van der Waals surface area contributed by atoms with E-state index in [9.17, 15) is 0 Å². The van der Waals surface area contributed by atoms with Crippen molar-refractivity contribution in [2.45, 2.75) is 31.8 Å². The van der Waals surface area contributed by atoms with E-state index in [0.717, 1.165) is 37.1 Å². The fourth-order valence-electron chi connectivity index (χ4n) is 3.42. The molecule has 3 heterocycles. The molecule has 136 valence electrons. The minimum atomic E-state index is 0.0555. The first-order valence-corrected chi connectivity index (χ1v) is 9.30. The van der Waals surface area contributed by atoms with Crippen LogP contribution in [0.25, 0.3) is 11.4 Å². The maximum absolute atomic E-state index is 9.08. The second kappa shape index (κ2) is 7.87. The molecular formula is C20H18ClN5O. The van der Waals surface area contributed by atoms with Crippen molar-refractivity contribution in [1.29, 1.82) is 5.26 Å². The lowest BCUT2D eigenvalue weighted by Crippen LogP contribution is -2.33. The third kappa shape index (κ3) is 4.00. The van der Waals surface area contributed by atoms with Crippen molar-refractivity contribution < 1.29 is 4.52 Å². The van der Waals surface area contributed by atoms with Crippen molar-refractivity contribution in [3.63, 3.8) is 0 Å². The molecule has 3 aromatic rings. The van der Waals surface area contributed by atoms with Crippen molar-refractivity contribution in [2.75, 3.05) is 6.54 Å². The molecule has 2 aromatic heterocycles. The van der Waals surface area contributed by atoms with Crippen molar-refractivity contribution >= 4 is 11.6 Å². The first kappa shape index (κ1) is 17.7. The van der Waals surface area contributed by atoms with Crippen LogP contribution >= 0.6 is 11.6 Å². The topological polar surface area (TPSA) is 78.8 Å². The van der Waals surface area contributed by atoms with E-state index in [1.807, 2.05) is 24.3 Å². The average molecular weight is 380 g/mol. The molecule has 0 spiro atoms. The number of hydrogen-bond donors (Lipinski definition) is 0. The summed E-state index contributed by atoms with van der Waals surface area (Å²) in [6, 6.07) is 15.1. The Morgan fingerprint density at radius 2 is 2.07 bits per heavy atom. The van der Waals surface area contributed by atoms with Crippen molar-refractivity contribution in [1.82, 2.24) is 20.0 Å². The largest absolute Gasteiger partial charge is 0.337 e. The monoisotopic (exact) mass is 379 g/mol. The first-order valence-electron chi connectivity index (χ1n) is 8.92. The molecule has 1 aliphatic rings. The van der Waals surface area contributed by atoms with Gasteiger partial charge in [0.2, 0.25) is 11.7 Å². The second-order valence-electron chi connectivity index (χ2n) is 6.58. The minimum Gasteiger partial charge on any atom is -0.337 e. The number of rotatable bonds is 4. The van der Waals surface area contributed by atoms with E-state index in [2.05, 4.69) is 26.1 Å². The fourth-order valence-corrected chi connectivity index (χ4v) is 3.60. The summed E-state index contributed by atoms with van der Waals surface area (Å²) in [4.78, 5) is 11.3. The van der Waals surface area contributed by atoms with Gasteiger partial charge in [0.1, 0.15) is 5.15 Å². The predicted molar refractivity (Wildman–Crippen MR) is 101 cm³/mol. The lowest BCUT2D eigenvalue weighted by Gasteiger charge is -2.32. The Hall–Kier alpha value is -2.75. The average Bonchev–Trinajstić information content (AvgIpc) is 3.18. The van der Waals surface area contributed by atoms with E-state index < -0.39 is 0 Å². The van der Waals surface area contributed by atoms with Crippen LogP contribution in [0.3, 0.4) is 0 Å². The molecule has 0 aliphatic carbocycles. The van der Waals surface area contributed by atoms with Crippen LogP contribution in [0.1, 0.15) is 42.5 Å². The molecule has 1 atom stereocenters. The molecule has 0 amide bonds. The Labute approximate surface area is 162 Å². The standard InChI is InChI=1S/C20H18ClN5O/c21-18-9-4-7-16(23-18)13-26-10-2-1-8-17(26)20-24-19(25-27-20)15-6-3-5-14(11-15)12-22/h3-7,9,11,17H,1-2,8,10,13H2. The Morgan fingerprint density at radius 3 is 2.93 bits per heavy atom. The van der Waals surface area contributed by atoms with E-state index in [1.165, 1.54) is 0 Å². The van der Waals surface area contributed by atoms with Gasteiger partial charge in [0.05, 0.1) is 23.4 Å². The molecule has 7 heteroatoms. The molecule has 1 aromatic carbocycles. The number of hydrogen-bond acceptors (Lipinski definition) is 6. The van der Waals surface area contributed by atoms with E-state index in [4.69, 9.17) is 21.4 Å². The highest BCUT2D eigenvalue weighted by atomic mass is 35.5. The van der Waals surface area contributed by atoms with Gasteiger partial charge >= 0.3 is 0 Å². The Kier molecular flexibility index (Phi) is 5.14. The third-order valence-electron chi connectivity index (χ3n) is 4.73. The van der Waals surface area contributed by atoms with Gasteiger partial charge in [-0.05, 0) is 43.7 Å². The summed E-state index contributed by atoms with van der Waals surface area (Å²) in [6.45, 7) is 1.63. The van der Waals surface area contributed by atoms with Gasteiger partial charge in [-0.15, -0.1) is 0 Å². The van der Waals surface area contributed by atoms with Gasteiger partial charge in [-0.1, -0.05) is 41.4 Å².